The van der Waals surface area contributed by atoms with E-state index in [0.717, 1.165) is 9.35 Å². The summed E-state index contributed by atoms with van der Waals surface area (Å²) in [5, 5.41) is 1.97. The van der Waals surface area contributed by atoms with E-state index in [9.17, 15) is 4.79 Å². The highest BCUT2D eigenvalue weighted by Crippen LogP contribution is 2.22. The molecule has 0 aliphatic heterocycles. The van der Waals surface area contributed by atoms with Crippen LogP contribution < -0.4 is 0 Å². The molecule has 0 aromatic carbocycles. The summed E-state index contributed by atoms with van der Waals surface area (Å²) in [6.07, 6.45) is 0.442. The minimum absolute atomic E-state index is 0.106. The molecule has 0 aliphatic carbocycles. The van der Waals surface area contributed by atoms with Gasteiger partial charge in [0.15, 0.2) is 5.78 Å². The minimum atomic E-state index is -0.684. The molecule has 2 nitrogen and oxygen atoms in total. The first-order valence-corrected chi connectivity index (χ1v) is 5.94. The van der Waals surface area contributed by atoms with Crippen molar-refractivity contribution in [1.82, 2.24) is 0 Å². The van der Waals surface area contributed by atoms with Crippen LogP contribution in [0.4, 0.5) is 0 Å². The third-order valence-electron chi connectivity index (χ3n) is 2.14. The van der Waals surface area contributed by atoms with Crippen molar-refractivity contribution in [2.24, 2.45) is 0 Å². The number of ketones is 1. The van der Waals surface area contributed by atoms with Crippen LogP contribution >= 0.6 is 27.3 Å². The lowest BCUT2D eigenvalue weighted by atomic mass is 10.0. The van der Waals surface area contributed by atoms with E-state index < -0.39 is 5.60 Å². The van der Waals surface area contributed by atoms with Gasteiger partial charge in [-0.3, -0.25) is 4.79 Å². The maximum atomic E-state index is 11.7. The van der Waals surface area contributed by atoms with Crippen molar-refractivity contribution >= 4 is 33.0 Å². The van der Waals surface area contributed by atoms with E-state index in [1.165, 1.54) is 0 Å². The monoisotopic (exact) mass is 276 g/mol. The molecule has 0 atom stereocenters. The normalized spacial score (nSPS) is 11.7. The van der Waals surface area contributed by atoms with Gasteiger partial charge in [-0.1, -0.05) is 0 Å². The number of carbonyl (C=O) groups excluding carboxylic acids is 1. The van der Waals surface area contributed by atoms with Gasteiger partial charge in [-0.25, -0.2) is 0 Å². The summed E-state index contributed by atoms with van der Waals surface area (Å²) in [4.78, 5) is 12.8. The van der Waals surface area contributed by atoms with E-state index >= 15 is 0 Å². The van der Waals surface area contributed by atoms with Crippen LogP contribution in [0.15, 0.2) is 15.9 Å². The average molecular weight is 277 g/mol. The van der Waals surface area contributed by atoms with E-state index in [1.54, 1.807) is 32.3 Å². The Kier molecular flexibility index (Phi) is 3.86. The van der Waals surface area contributed by atoms with Crippen LogP contribution in [0.25, 0.3) is 0 Å². The van der Waals surface area contributed by atoms with Gasteiger partial charge in [-0.15, -0.1) is 11.3 Å². The molecule has 0 saturated heterocycles. The van der Waals surface area contributed by atoms with Crippen LogP contribution in [0, 0.1) is 0 Å². The lowest BCUT2D eigenvalue weighted by molar-refractivity contribution is -0.136. The first-order valence-electron chi connectivity index (χ1n) is 4.27. The highest BCUT2D eigenvalue weighted by atomic mass is 79.9. The van der Waals surface area contributed by atoms with Gasteiger partial charge in [-0.05, 0) is 35.8 Å². The molecule has 1 rings (SSSR count). The largest absolute Gasteiger partial charge is 0.371 e. The van der Waals surface area contributed by atoms with Crippen molar-refractivity contribution in [3.8, 4) is 0 Å². The number of carbonyl (C=O) groups is 1. The van der Waals surface area contributed by atoms with Crippen molar-refractivity contribution < 1.29 is 9.53 Å². The van der Waals surface area contributed by atoms with Crippen molar-refractivity contribution in [2.75, 3.05) is 7.11 Å². The number of rotatable bonds is 4. The minimum Gasteiger partial charge on any atom is -0.371 e. The standard InChI is InChI=1S/C10H13BrO2S/c1-10(2,13-3)9(12)5-8-4-7(11)6-14-8/h4,6H,5H2,1-3H3. The number of methoxy groups -OCH3 is 1. The molecule has 4 heteroatoms. The Bertz CT molecular complexity index is 331. The van der Waals surface area contributed by atoms with Gasteiger partial charge < -0.3 is 4.74 Å². The Labute approximate surface area is 96.4 Å². The van der Waals surface area contributed by atoms with Crippen molar-refractivity contribution in [3.05, 3.63) is 20.8 Å². The van der Waals surface area contributed by atoms with Crippen LogP contribution in [0.5, 0.6) is 0 Å². The number of Topliss-reactive ketones (excluding diaryl/α,β-unsaturated/α-hetero) is 1. The summed E-state index contributed by atoms with van der Waals surface area (Å²) in [6, 6.07) is 1.97. The van der Waals surface area contributed by atoms with Gasteiger partial charge in [0.05, 0.1) is 0 Å². The summed E-state index contributed by atoms with van der Waals surface area (Å²) >= 11 is 4.94. The number of ether oxygens (including phenoxy) is 1. The molecule has 0 saturated carbocycles. The van der Waals surface area contributed by atoms with E-state index in [4.69, 9.17) is 4.74 Å². The molecule has 14 heavy (non-hydrogen) atoms. The molecule has 0 fully saturated rings. The summed E-state index contributed by atoms with van der Waals surface area (Å²) in [5.41, 5.74) is -0.684. The smallest absolute Gasteiger partial charge is 0.169 e. The lowest BCUT2D eigenvalue weighted by Crippen LogP contribution is -2.34. The molecular formula is C10H13BrO2S. The lowest BCUT2D eigenvalue weighted by Gasteiger charge is -2.20. The molecule has 0 bridgehead atoms. The second kappa shape index (κ2) is 4.55. The third kappa shape index (κ3) is 2.90. The SMILES string of the molecule is COC(C)(C)C(=O)Cc1cc(Br)cs1. The highest BCUT2D eigenvalue weighted by Gasteiger charge is 2.26. The Morgan fingerprint density at radius 2 is 2.29 bits per heavy atom. The molecule has 1 heterocycles. The van der Waals surface area contributed by atoms with Gasteiger partial charge >= 0.3 is 0 Å². The molecule has 1 aromatic rings. The maximum absolute atomic E-state index is 11.7. The fourth-order valence-electron chi connectivity index (χ4n) is 0.931. The molecule has 78 valence electrons. The number of hydrogen-bond acceptors (Lipinski definition) is 3. The quantitative estimate of drug-likeness (QED) is 0.845. The van der Waals surface area contributed by atoms with Gasteiger partial charge in [0.25, 0.3) is 0 Å². The average Bonchev–Trinajstić information content (AvgIpc) is 2.51. The third-order valence-corrected chi connectivity index (χ3v) is 3.84. The van der Waals surface area contributed by atoms with Crippen LogP contribution in [0.1, 0.15) is 18.7 Å². The Balaban J connectivity index is 2.66. The summed E-state index contributed by atoms with van der Waals surface area (Å²) in [6.45, 7) is 3.58. The first kappa shape index (κ1) is 11.9. The summed E-state index contributed by atoms with van der Waals surface area (Å²) in [7, 11) is 1.56. The van der Waals surface area contributed by atoms with E-state index in [1.807, 2.05) is 11.4 Å². The molecule has 0 amide bonds. The zero-order chi connectivity index (χ0) is 10.8. The fraction of sp³-hybridized carbons (Fsp3) is 0.500. The highest BCUT2D eigenvalue weighted by molar-refractivity contribution is 9.10. The molecule has 0 unspecified atom stereocenters. The molecular weight excluding hydrogens is 264 g/mol. The van der Waals surface area contributed by atoms with Crippen LogP contribution in [-0.2, 0) is 16.0 Å². The summed E-state index contributed by atoms with van der Waals surface area (Å²) in [5.74, 6) is 0.106. The van der Waals surface area contributed by atoms with Gasteiger partial charge in [0.1, 0.15) is 5.60 Å². The molecule has 1 aromatic heterocycles. The number of hydrogen-bond donors (Lipinski definition) is 0. The van der Waals surface area contributed by atoms with E-state index in [-0.39, 0.29) is 5.78 Å². The second-order valence-electron chi connectivity index (χ2n) is 3.55. The molecule has 0 N–H and O–H groups in total. The number of halogens is 1. The Morgan fingerprint density at radius 3 is 2.71 bits per heavy atom. The van der Waals surface area contributed by atoms with Crippen molar-refractivity contribution in [2.45, 2.75) is 25.9 Å². The molecule has 0 radical (unpaired) electrons. The Hall–Kier alpha value is -0.190. The van der Waals surface area contributed by atoms with Crippen LogP contribution in [-0.4, -0.2) is 18.5 Å². The van der Waals surface area contributed by atoms with Gasteiger partial charge in [0.2, 0.25) is 0 Å². The fourth-order valence-corrected chi connectivity index (χ4v) is 2.38. The first-order chi connectivity index (χ1) is 6.45. The van der Waals surface area contributed by atoms with Gasteiger partial charge in [-0.2, -0.15) is 0 Å². The maximum Gasteiger partial charge on any atom is 0.169 e. The second-order valence-corrected chi connectivity index (χ2v) is 5.46. The molecule has 0 aliphatic rings. The van der Waals surface area contributed by atoms with Crippen molar-refractivity contribution in [1.29, 1.82) is 0 Å². The summed E-state index contributed by atoms with van der Waals surface area (Å²) < 4.78 is 6.15. The zero-order valence-corrected chi connectivity index (χ0v) is 10.9. The van der Waals surface area contributed by atoms with Crippen LogP contribution in [0.2, 0.25) is 0 Å². The predicted molar refractivity (Wildman–Crippen MR) is 61.8 cm³/mol. The zero-order valence-electron chi connectivity index (χ0n) is 8.46. The van der Waals surface area contributed by atoms with Gasteiger partial charge in [0, 0.05) is 28.3 Å². The number of thiophene rings is 1. The molecule has 0 spiro atoms. The Morgan fingerprint density at radius 1 is 1.64 bits per heavy atom. The van der Waals surface area contributed by atoms with E-state index in [0.29, 0.717) is 6.42 Å². The topological polar surface area (TPSA) is 26.3 Å². The van der Waals surface area contributed by atoms with E-state index in [2.05, 4.69) is 15.9 Å². The van der Waals surface area contributed by atoms with Crippen molar-refractivity contribution in [3.63, 3.8) is 0 Å². The van der Waals surface area contributed by atoms with Crippen LogP contribution in [0.3, 0.4) is 0 Å². The predicted octanol–water partition coefficient (Wildman–Crippen LogP) is 3.05.